The molecular weight excluding hydrogens is 472 g/mol. The molecule has 0 saturated carbocycles. The van der Waals surface area contributed by atoms with Gasteiger partial charge >= 0.3 is 12.3 Å². The van der Waals surface area contributed by atoms with Crippen LogP contribution in [0.5, 0.6) is 5.75 Å². The lowest BCUT2D eigenvalue weighted by atomic mass is 10.2. The Labute approximate surface area is 198 Å². The molecule has 0 aliphatic heterocycles. The first-order valence-electron chi connectivity index (χ1n) is 10.5. The minimum absolute atomic E-state index is 0.0944. The van der Waals surface area contributed by atoms with Gasteiger partial charge in [0.1, 0.15) is 29.2 Å². The van der Waals surface area contributed by atoms with Crippen LogP contribution >= 0.6 is 0 Å². The van der Waals surface area contributed by atoms with Crippen LogP contribution in [0.1, 0.15) is 32.0 Å². The zero-order chi connectivity index (χ0) is 25.6. The smallest absolute Gasteiger partial charge is 0.433 e. The standard InChI is InChI=1S/C23H24F4N4O4/c1-22(2,3)35-21(32)30-12-15(9-24)13-33-16-5-6-17-18(8-16)34-20(31-17)29-11-14-4-7-19(28-10-14)23(25,26)27/h4-10H,11-13H2,1-3H3,(H,29,31)(H,30,32)/b15-9-. The topological polar surface area (TPSA) is 98.5 Å². The van der Waals surface area contributed by atoms with Gasteiger partial charge in [0.15, 0.2) is 5.58 Å². The molecule has 8 nitrogen and oxygen atoms in total. The van der Waals surface area contributed by atoms with E-state index in [4.69, 9.17) is 13.9 Å². The number of halogens is 4. The Hall–Kier alpha value is -3.83. The average Bonchev–Trinajstić information content (AvgIpc) is 3.18. The summed E-state index contributed by atoms with van der Waals surface area (Å²) in [6.45, 7) is 5.08. The van der Waals surface area contributed by atoms with Crippen molar-refractivity contribution in [3.8, 4) is 5.75 Å². The molecule has 35 heavy (non-hydrogen) atoms. The number of rotatable bonds is 8. The van der Waals surface area contributed by atoms with Gasteiger partial charge in [0.2, 0.25) is 0 Å². The molecule has 0 aliphatic rings. The number of fused-ring (bicyclic) bond motifs is 1. The fourth-order valence-electron chi connectivity index (χ4n) is 2.74. The second kappa shape index (κ2) is 10.6. The lowest BCUT2D eigenvalue weighted by molar-refractivity contribution is -0.141. The molecule has 0 saturated heterocycles. The maximum Gasteiger partial charge on any atom is 0.433 e. The third-order valence-electron chi connectivity index (χ3n) is 4.36. The molecule has 1 aromatic carbocycles. The van der Waals surface area contributed by atoms with Crippen LogP contribution in [0.3, 0.4) is 0 Å². The van der Waals surface area contributed by atoms with Crippen molar-refractivity contribution >= 4 is 23.2 Å². The SMILES string of the molecule is CC(C)(C)OC(=O)NC/C(=C/F)COc1ccc2nc(NCc3ccc(C(F)(F)F)nc3)oc2c1. The van der Waals surface area contributed by atoms with Gasteiger partial charge in [0, 0.05) is 30.9 Å². The van der Waals surface area contributed by atoms with E-state index in [1.807, 2.05) is 0 Å². The molecule has 0 aliphatic carbocycles. The van der Waals surface area contributed by atoms with Crippen LogP contribution in [0.4, 0.5) is 28.4 Å². The number of alkyl halides is 3. The number of alkyl carbamates (subject to hydrolysis) is 1. The van der Waals surface area contributed by atoms with Gasteiger partial charge in [-0.05, 0) is 44.5 Å². The quantitative estimate of drug-likeness (QED) is 0.391. The highest BCUT2D eigenvalue weighted by atomic mass is 19.4. The van der Waals surface area contributed by atoms with Crippen molar-refractivity contribution in [2.24, 2.45) is 0 Å². The monoisotopic (exact) mass is 496 g/mol. The Kier molecular flexibility index (Phi) is 7.82. The largest absolute Gasteiger partial charge is 0.489 e. The van der Waals surface area contributed by atoms with E-state index in [1.54, 1.807) is 39.0 Å². The molecular formula is C23H24F4N4O4. The molecule has 0 bridgehead atoms. The van der Waals surface area contributed by atoms with Crippen molar-refractivity contribution in [2.45, 2.75) is 39.1 Å². The predicted octanol–water partition coefficient (Wildman–Crippen LogP) is 5.61. The number of carbonyl (C=O) groups excluding carboxylic acids is 1. The van der Waals surface area contributed by atoms with Gasteiger partial charge < -0.3 is 24.5 Å². The molecule has 188 valence electrons. The number of anilines is 1. The fourth-order valence-corrected chi connectivity index (χ4v) is 2.74. The van der Waals surface area contributed by atoms with Gasteiger partial charge in [-0.25, -0.2) is 9.18 Å². The Bertz CT molecular complexity index is 1180. The summed E-state index contributed by atoms with van der Waals surface area (Å²) in [5, 5.41) is 5.33. The second-order valence-corrected chi connectivity index (χ2v) is 8.46. The highest BCUT2D eigenvalue weighted by molar-refractivity contribution is 5.76. The lowest BCUT2D eigenvalue weighted by Crippen LogP contribution is -2.34. The van der Waals surface area contributed by atoms with E-state index in [-0.39, 0.29) is 31.3 Å². The number of nitrogens with one attached hydrogen (secondary N) is 2. The van der Waals surface area contributed by atoms with Crippen LogP contribution in [-0.4, -0.2) is 34.8 Å². The summed E-state index contributed by atoms with van der Waals surface area (Å²) < 4.78 is 67.3. The number of ether oxygens (including phenoxy) is 2. The summed E-state index contributed by atoms with van der Waals surface area (Å²) in [4.78, 5) is 19.4. The molecule has 0 atom stereocenters. The van der Waals surface area contributed by atoms with Crippen molar-refractivity contribution in [3.63, 3.8) is 0 Å². The minimum atomic E-state index is -4.50. The van der Waals surface area contributed by atoms with Crippen LogP contribution in [-0.2, 0) is 17.5 Å². The Morgan fingerprint density at radius 2 is 1.94 bits per heavy atom. The second-order valence-electron chi connectivity index (χ2n) is 8.46. The molecule has 3 rings (SSSR count). The number of aromatic nitrogens is 2. The maximum atomic E-state index is 13.2. The van der Waals surface area contributed by atoms with E-state index >= 15 is 0 Å². The van der Waals surface area contributed by atoms with E-state index in [0.29, 0.717) is 28.7 Å². The van der Waals surface area contributed by atoms with Crippen LogP contribution in [0.2, 0.25) is 0 Å². The summed E-state index contributed by atoms with van der Waals surface area (Å²) in [5.74, 6) is 0.378. The van der Waals surface area contributed by atoms with Crippen molar-refractivity contribution in [3.05, 3.63) is 59.7 Å². The molecule has 2 heterocycles. The Balaban J connectivity index is 1.54. The molecule has 0 unspecified atom stereocenters. The Morgan fingerprint density at radius 3 is 2.57 bits per heavy atom. The van der Waals surface area contributed by atoms with Crippen molar-refractivity contribution < 1.29 is 36.2 Å². The predicted molar refractivity (Wildman–Crippen MR) is 119 cm³/mol. The van der Waals surface area contributed by atoms with E-state index in [9.17, 15) is 22.4 Å². The molecule has 2 aromatic heterocycles. The first kappa shape index (κ1) is 25.8. The number of amides is 1. The number of oxazole rings is 1. The van der Waals surface area contributed by atoms with Crippen molar-refractivity contribution in [1.82, 2.24) is 15.3 Å². The van der Waals surface area contributed by atoms with E-state index in [2.05, 4.69) is 20.6 Å². The summed E-state index contributed by atoms with van der Waals surface area (Å²) >= 11 is 0. The average molecular weight is 496 g/mol. The number of nitrogens with zero attached hydrogens (tertiary/aromatic N) is 2. The van der Waals surface area contributed by atoms with Gasteiger partial charge in [-0.2, -0.15) is 18.2 Å². The molecule has 3 aromatic rings. The van der Waals surface area contributed by atoms with Gasteiger partial charge in [0.05, 0.1) is 6.33 Å². The summed E-state index contributed by atoms with van der Waals surface area (Å²) in [7, 11) is 0. The van der Waals surface area contributed by atoms with Gasteiger partial charge in [-0.15, -0.1) is 0 Å². The lowest BCUT2D eigenvalue weighted by Gasteiger charge is -2.20. The fraction of sp³-hybridized carbons (Fsp3) is 0.348. The number of hydrogen-bond donors (Lipinski definition) is 2. The summed E-state index contributed by atoms with van der Waals surface area (Å²) in [5.41, 5.74) is -0.0565. The number of pyridine rings is 1. The van der Waals surface area contributed by atoms with Crippen LogP contribution in [0.15, 0.2) is 52.8 Å². The molecule has 0 radical (unpaired) electrons. The van der Waals surface area contributed by atoms with E-state index in [1.165, 1.54) is 6.07 Å². The van der Waals surface area contributed by atoms with Gasteiger partial charge in [-0.1, -0.05) is 6.07 Å². The highest BCUT2D eigenvalue weighted by Crippen LogP contribution is 2.28. The van der Waals surface area contributed by atoms with Crippen LogP contribution in [0, 0.1) is 0 Å². The molecule has 2 N–H and O–H groups in total. The van der Waals surface area contributed by atoms with Gasteiger partial charge in [-0.3, -0.25) is 4.98 Å². The third-order valence-corrected chi connectivity index (χ3v) is 4.36. The Morgan fingerprint density at radius 1 is 1.17 bits per heavy atom. The number of carbonyl (C=O) groups is 1. The first-order valence-corrected chi connectivity index (χ1v) is 10.5. The first-order chi connectivity index (χ1) is 16.4. The molecule has 12 heteroatoms. The number of hydrogen-bond acceptors (Lipinski definition) is 7. The van der Waals surface area contributed by atoms with E-state index < -0.39 is 23.6 Å². The third kappa shape index (κ3) is 7.87. The van der Waals surface area contributed by atoms with Crippen LogP contribution in [0.25, 0.3) is 11.1 Å². The zero-order valence-electron chi connectivity index (χ0n) is 19.2. The number of benzene rings is 1. The normalized spacial score (nSPS) is 12.5. The van der Waals surface area contributed by atoms with Crippen molar-refractivity contribution in [2.75, 3.05) is 18.5 Å². The van der Waals surface area contributed by atoms with Gasteiger partial charge in [0.25, 0.3) is 6.01 Å². The minimum Gasteiger partial charge on any atom is -0.489 e. The van der Waals surface area contributed by atoms with E-state index in [0.717, 1.165) is 12.3 Å². The maximum absolute atomic E-state index is 13.2. The highest BCUT2D eigenvalue weighted by Gasteiger charge is 2.32. The summed E-state index contributed by atoms with van der Waals surface area (Å²) in [6.07, 6.45) is -3.70. The van der Waals surface area contributed by atoms with Crippen LogP contribution < -0.4 is 15.4 Å². The summed E-state index contributed by atoms with van der Waals surface area (Å²) in [6, 6.07) is 7.18. The zero-order valence-corrected chi connectivity index (χ0v) is 19.2. The van der Waals surface area contributed by atoms with Crippen molar-refractivity contribution in [1.29, 1.82) is 0 Å². The molecule has 1 amide bonds. The molecule has 0 fully saturated rings. The molecule has 0 spiro atoms.